The van der Waals surface area contributed by atoms with Gasteiger partial charge in [0.25, 0.3) is 0 Å². The summed E-state index contributed by atoms with van der Waals surface area (Å²) >= 11 is 10.9. The molecule has 0 unspecified atom stereocenters. The number of aryl methyl sites for hydroxylation is 1. The minimum Gasteiger partial charge on any atom is -0.352 e. The first-order chi connectivity index (χ1) is 14.5. The van der Waals surface area contributed by atoms with Gasteiger partial charge in [-0.3, -0.25) is 9.78 Å². The molecule has 2 atom stereocenters. The van der Waals surface area contributed by atoms with E-state index in [0.29, 0.717) is 18.1 Å². The van der Waals surface area contributed by atoms with Crippen molar-refractivity contribution >= 4 is 56.2 Å². The number of nitrogens with one attached hydrogen (secondary N) is 2. The number of aromatic nitrogens is 1. The van der Waals surface area contributed by atoms with E-state index in [1.165, 1.54) is 4.88 Å². The Bertz CT molecular complexity index is 1060. The zero-order chi connectivity index (χ0) is 21.1. The van der Waals surface area contributed by atoms with Crippen molar-refractivity contribution in [1.29, 1.82) is 0 Å². The second kappa shape index (κ2) is 9.24. The van der Waals surface area contributed by atoms with Crippen LogP contribution in [0.2, 0.25) is 0 Å². The molecule has 0 spiro atoms. The van der Waals surface area contributed by atoms with Crippen LogP contribution in [0.15, 0.2) is 64.6 Å². The number of hydrogen-bond acceptors (Lipinski definition) is 4. The lowest BCUT2D eigenvalue weighted by Crippen LogP contribution is -2.32. The molecule has 30 heavy (non-hydrogen) atoms. The smallest absolute Gasteiger partial charge is 0.226 e. The Balaban J connectivity index is 1.51. The highest BCUT2D eigenvalue weighted by atomic mass is 79.9. The quantitative estimate of drug-likeness (QED) is 0.454. The Morgan fingerprint density at radius 3 is 2.83 bits per heavy atom. The van der Waals surface area contributed by atoms with E-state index in [9.17, 15) is 4.79 Å². The maximum absolute atomic E-state index is 12.6. The summed E-state index contributed by atoms with van der Waals surface area (Å²) in [5.74, 6) is -0.0317. The van der Waals surface area contributed by atoms with E-state index in [1.807, 2.05) is 55.5 Å². The Kier molecular flexibility index (Phi) is 6.46. The molecule has 2 aromatic heterocycles. The molecule has 8 heteroatoms. The minimum absolute atomic E-state index is 0.0181. The van der Waals surface area contributed by atoms with Crippen molar-refractivity contribution in [3.8, 4) is 0 Å². The van der Waals surface area contributed by atoms with Crippen LogP contribution in [-0.4, -0.2) is 27.4 Å². The third-order valence-electron chi connectivity index (χ3n) is 4.96. The van der Waals surface area contributed by atoms with Crippen molar-refractivity contribution < 1.29 is 4.79 Å². The van der Waals surface area contributed by atoms with Gasteiger partial charge in [0.15, 0.2) is 5.11 Å². The van der Waals surface area contributed by atoms with E-state index in [1.54, 1.807) is 17.5 Å². The van der Waals surface area contributed by atoms with Gasteiger partial charge in [0, 0.05) is 29.7 Å². The Labute approximate surface area is 193 Å². The SMILES string of the molecule is Cc1cccc(NC(=O)CCN2C(=S)N[C@H](c3ccccn3)[C@@H]2c2ccc(Br)s2)c1. The van der Waals surface area contributed by atoms with Gasteiger partial charge < -0.3 is 15.5 Å². The highest BCUT2D eigenvalue weighted by Gasteiger charge is 2.40. The minimum atomic E-state index is -0.0657. The zero-order valence-electron chi connectivity index (χ0n) is 16.3. The van der Waals surface area contributed by atoms with Crippen LogP contribution in [0.5, 0.6) is 0 Å². The number of anilines is 1. The number of rotatable bonds is 6. The van der Waals surface area contributed by atoms with Crippen LogP contribution in [0.1, 0.15) is 34.6 Å². The van der Waals surface area contributed by atoms with E-state index >= 15 is 0 Å². The molecule has 3 heterocycles. The van der Waals surface area contributed by atoms with Gasteiger partial charge in [0.05, 0.1) is 21.6 Å². The number of thiocarbonyl (C=S) groups is 1. The monoisotopic (exact) mass is 500 g/mol. The number of pyridine rings is 1. The summed E-state index contributed by atoms with van der Waals surface area (Å²) in [4.78, 5) is 20.4. The molecule has 0 radical (unpaired) electrons. The highest BCUT2D eigenvalue weighted by Crippen LogP contribution is 2.42. The fourth-order valence-electron chi connectivity index (χ4n) is 3.61. The number of nitrogens with zero attached hydrogens (tertiary/aromatic N) is 2. The van der Waals surface area contributed by atoms with Crippen LogP contribution in [-0.2, 0) is 4.79 Å². The van der Waals surface area contributed by atoms with Gasteiger partial charge in [-0.2, -0.15) is 0 Å². The topological polar surface area (TPSA) is 57.3 Å². The normalized spacial score (nSPS) is 18.3. The lowest BCUT2D eigenvalue weighted by Gasteiger charge is -2.26. The molecular formula is C22H21BrN4OS2. The van der Waals surface area contributed by atoms with Crippen LogP contribution in [0.4, 0.5) is 5.69 Å². The first-order valence-electron chi connectivity index (χ1n) is 9.61. The molecule has 3 aromatic rings. The first kappa shape index (κ1) is 21.0. The number of hydrogen-bond donors (Lipinski definition) is 2. The number of halogens is 1. The predicted octanol–water partition coefficient (Wildman–Crippen LogP) is 5.22. The number of carbonyl (C=O) groups excluding carboxylic acids is 1. The standard InChI is InChI=1S/C22H21BrN4OS2/c1-14-5-4-6-15(13-14)25-19(28)10-12-27-21(17-8-9-18(23)30-17)20(26-22(27)29)16-7-2-3-11-24-16/h2-9,11,13,20-21H,10,12H2,1H3,(H,25,28)(H,26,29)/t20-,21+/m1/s1. The third-order valence-corrected chi connectivity index (χ3v) is 7.01. The van der Waals surface area contributed by atoms with Crippen LogP contribution >= 0.6 is 39.5 Å². The van der Waals surface area contributed by atoms with Crippen molar-refractivity contribution in [3.05, 3.63) is 80.7 Å². The summed E-state index contributed by atoms with van der Waals surface area (Å²) in [5, 5.41) is 7.03. The summed E-state index contributed by atoms with van der Waals surface area (Å²) in [6.45, 7) is 2.53. The van der Waals surface area contributed by atoms with E-state index in [0.717, 1.165) is 20.7 Å². The van der Waals surface area contributed by atoms with Gasteiger partial charge in [-0.05, 0) is 77.0 Å². The van der Waals surface area contributed by atoms with Gasteiger partial charge in [-0.25, -0.2) is 0 Å². The van der Waals surface area contributed by atoms with Crippen LogP contribution < -0.4 is 10.6 Å². The molecule has 1 amide bonds. The van der Waals surface area contributed by atoms with Crippen molar-refractivity contribution in [2.24, 2.45) is 0 Å². The molecule has 0 aliphatic carbocycles. The molecule has 1 aliphatic rings. The van der Waals surface area contributed by atoms with Gasteiger partial charge in [-0.15, -0.1) is 11.3 Å². The van der Waals surface area contributed by atoms with Crippen LogP contribution in [0.3, 0.4) is 0 Å². The molecular weight excluding hydrogens is 480 g/mol. The Morgan fingerprint density at radius 1 is 1.27 bits per heavy atom. The molecule has 1 aromatic carbocycles. The summed E-state index contributed by atoms with van der Waals surface area (Å²) in [6, 6.07) is 17.7. The van der Waals surface area contributed by atoms with E-state index < -0.39 is 0 Å². The lowest BCUT2D eigenvalue weighted by molar-refractivity contribution is -0.116. The summed E-state index contributed by atoms with van der Waals surface area (Å²) in [6.07, 6.45) is 2.13. The van der Waals surface area contributed by atoms with Gasteiger partial charge in [0.1, 0.15) is 0 Å². The third kappa shape index (κ3) is 4.71. The summed E-state index contributed by atoms with van der Waals surface area (Å²) in [7, 11) is 0. The van der Waals surface area contributed by atoms with Crippen LogP contribution in [0, 0.1) is 6.92 Å². The second-order valence-corrected chi connectivity index (χ2v) is 10.0. The van der Waals surface area contributed by atoms with E-state index in [4.69, 9.17) is 12.2 Å². The molecule has 0 saturated carbocycles. The van der Waals surface area contributed by atoms with Crippen LogP contribution in [0.25, 0.3) is 0 Å². The van der Waals surface area contributed by atoms with Gasteiger partial charge in [0.2, 0.25) is 5.91 Å². The number of amides is 1. The maximum atomic E-state index is 12.6. The number of thiophene rings is 1. The lowest BCUT2D eigenvalue weighted by atomic mass is 10.0. The molecule has 1 aliphatic heterocycles. The average molecular weight is 501 g/mol. The number of benzene rings is 1. The Morgan fingerprint density at radius 2 is 2.13 bits per heavy atom. The summed E-state index contributed by atoms with van der Waals surface area (Å²) in [5.41, 5.74) is 2.85. The molecule has 1 fully saturated rings. The molecule has 2 N–H and O–H groups in total. The summed E-state index contributed by atoms with van der Waals surface area (Å²) < 4.78 is 1.06. The first-order valence-corrected chi connectivity index (χ1v) is 11.6. The molecule has 4 rings (SSSR count). The highest BCUT2D eigenvalue weighted by molar-refractivity contribution is 9.11. The fraction of sp³-hybridized carbons (Fsp3) is 0.227. The van der Waals surface area contributed by atoms with E-state index in [-0.39, 0.29) is 18.0 Å². The molecule has 5 nitrogen and oxygen atoms in total. The van der Waals surface area contributed by atoms with Crippen molar-refractivity contribution in [1.82, 2.24) is 15.2 Å². The average Bonchev–Trinajstić information content (AvgIpc) is 3.30. The van der Waals surface area contributed by atoms with Crippen molar-refractivity contribution in [2.45, 2.75) is 25.4 Å². The van der Waals surface area contributed by atoms with Crippen molar-refractivity contribution in [2.75, 3.05) is 11.9 Å². The maximum Gasteiger partial charge on any atom is 0.226 e. The largest absolute Gasteiger partial charge is 0.352 e. The van der Waals surface area contributed by atoms with Gasteiger partial charge in [-0.1, -0.05) is 18.2 Å². The fourth-order valence-corrected chi connectivity index (χ4v) is 5.52. The second-order valence-electron chi connectivity index (χ2n) is 7.13. The number of carbonyl (C=O) groups is 1. The predicted molar refractivity (Wildman–Crippen MR) is 129 cm³/mol. The zero-order valence-corrected chi connectivity index (χ0v) is 19.6. The molecule has 0 bridgehead atoms. The van der Waals surface area contributed by atoms with E-state index in [2.05, 4.69) is 42.5 Å². The Hall–Kier alpha value is -2.29. The van der Waals surface area contributed by atoms with Gasteiger partial charge >= 0.3 is 0 Å². The molecule has 154 valence electrons. The van der Waals surface area contributed by atoms with Crippen molar-refractivity contribution in [3.63, 3.8) is 0 Å². The molecule has 1 saturated heterocycles.